The van der Waals surface area contributed by atoms with E-state index in [0.29, 0.717) is 0 Å². The summed E-state index contributed by atoms with van der Waals surface area (Å²) in [5.74, 6) is 0.547. The van der Waals surface area contributed by atoms with Crippen LogP contribution in [0.5, 0.6) is 0 Å². The zero-order valence-corrected chi connectivity index (χ0v) is 29.4. The molecule has 0 unspecified atom stereocenters. The van der Waals surface area contributed by atoms with Crippen LogP contribution in [0.1, 0.15) is 89.5 Å². The molecule has 0 aliphatic heterocycles. The second kappa shape index (κ2) is 14.6. The molecule has 1 aliphatic rings. The molecule has 3 nitrogen and oxygen atoms in total. The predicted octanol–water partition coefficient (Wildman–Crippen LogP) is 10.5. The molecule has 0 bridgehead atoms. The Morgan fingerprint density at radius 2 is 1.58 bits per heavy atom. The molecular formula is C39H46IrNO2-. The van der Waals surface area contributed by atoms with Crippen LogP contribution in [-0.2, 0) is 30.3 Å². The second-order valence-corrected chi connectivity index (χ2v) is 12.2. The fourth-order valence-electron chi connectivity index (χ4n) is 6.55. The maximum absolute atomic E-state index is 11.7. The fraction of sp³-hybridized carbons (Fsp3) is 0.385. The Kier molecular flexibility index (Phi) is 11.7. The van der Waals surface area contributed by atoms with Crippen molar-refractivity contribution in [2.75, 3.05) is 0 Å². The number of aromatic nitrogens is 1. The topological polar surface area (TPSA) is 50.2 Å². The largest absolute Gasteiger partial charge is 0.512 e. The van der Waals surface area contributed by atoms with E-state index in [4.69, 9.17) is 4.98 Å². The molecule has 0 amide bonds. The molecule has 1 heterocycles. The summed E-state index contributed by atoms with van der Waals surface area (Å²) < 4.78 is 0. The van der Waals surface area contributed by atoms with E-state index in [1.165, 1.54) is 44.7 Å². The standard InChI is InChI=1S/C26H22N.C13H24O2.Ir/c1-16-13-17(2)15-19(14-16)25-23-21-10-9-18-7-5-6-8-20(18)24(21)26(3,4)22(23)11-12-27-25;1-5-10(6-2)12(14)9-13(15)11(7-3)8-4;/h5-14H,1-4H3;9-11,14H,5-8H2,1-4H3;/q-1;;/b;12-9-;. The minimum Gasteiger partial charge on any atom is -0.512 e. The van der Waals surface area contributed by atoms with E-state index in [-0.39, 0.29) is 48.9 Å². The number of benzene rings is 3. The predicted molar refractivity (Wildman–Crippen MR) is 177 cm³/mol. The average molecular weight is 753 g/mol. The van der Waals surface area contributed by atoms with Crippen molar-refractivity contribution < 1.29 is 30.0 Å². The van der Waals surface area contributed by atoms with Gasteiger partial charge in [-0.05, 0) is 70.5 Å². The first-order valence-electron chi connectivity index (χ1n) is 15.5. The molecule has 43 heavy (non-hydrogen) atoms. The fourth-order valence-corrected chi connectivity index (χ4v) is 6.55. The second-order valence-electron chi connectivity index (χ2n) is 12.2. The van der Waals surface area contributed by atoms with E-state index in [1.807, 2.05) is 33.9 Å². The van der Waals surface area contributed by atoms with Crippen molar-refractivity contribution in [2.45, 2.75) is 86.5 Å². The monoisotopic (exact) mass is 753 g/mol. The first kappa shape index (κ1) is 34.4. The Hall–Kier alpha value is -3.07. The average Bonchev–Trinajstić information content (AvgIpc) is 3.21. The first-order valence-corrected chi connectivity index (χ1v) is 15.5. The molecule has 0 spiro atoms. The number of fused-ring (bicyclic) bond motifs is 5. The molecule has 1 radical (unpaired) electrons. The number of aliphatic hydroxyl groups is 1. The molecular weight excluding hydrogens is 707 g/mol. The van der Waals surface area contributed by atoms with Crippen LogP contribution in [0.4, 0.5) is 0 Å². The first-order chi connectivity index (χ1) is 20.1. The minimum atomic E-state index is -0.0535. The van der Waals surface area contributed by atoms with E-state index < -0.39 is 0 Å². The number of hydrogen-bond donors (Lipinski definition) is 1. The Labute approximate surface area is 272 Å². The SMILES string of the molecule is CCC(CC)C(=O)/C=C(\O)C(CC)CC.Cc1[c-]c(-c2nccc3c2-c2ccc4ccccc4c2C3(C)C)cc(C)c1.[Ir]. The number of ketones is 1. The van der Waals surface area contributed by atoms with Gasteiger partial charge in [0.2, 0.25) is 0 Å². The van der Waals surface area contributed by atoms with Crippen LogP contribution in [0.3, 0.4) is 0 Å². The molecule has 0 saturated heterocycles. The van der Waals surface area contributed by atoms with E-state index in [9.17, 15) is 9.90 Å². The third kappa shape index (κ3) is 7.03. The number of carbonyl (C=O) groups excluding carboxylic acids is 1. The number of aliphatic hydroxyl groups excluding tert-OH is 1. The van der Waals surface area contributed by atoms with Crippen LogP contribution in [0.25, 0.3) is 33.2 Å². The summed E-state index contributed by atoms with van der Waals surface area (Å²) in [4.78, 5) is 16.5. The Balaban J connectivity index is 0.000000274. The van der Waals surface area contributed by atoms with Gasteiger partial charge in [0.25, 0.3) is 0 Å². The van der Waals surface area contributed by atoms with Crippen LogP contribution in [0.15, 0.2) is 72.6 Å². The normalized spacial score (nSPS) is 13.3. The van der Waals surface area contributed by atoms with Gasteiger partial charge in [-0.25, -0.2) is 0 Å². The van der Waals surface area contributed by atoms with Gasteiger partial charge in [0, 0.05) is 49.6 Å². The van der Waals surface area contributed by atoms with Crippen LogP contribution >= 0.6 is 0 Å². The number of carbonyl (C=O) groups is 1. The van der Waals surface area contributed by atoms with E-state index in [1.54, 1.807) is 0 Å². The number of rotatable bonds is 8. The van der Waals surface area contributed by atoms with Crippen molar-refractivity contribution in [3.63, 3.8) is 0 Å². The van der Waals surface area contributed by atoms with Crippen molar-refractivity contribution in [2.24, 2.45) is 11.8 Å². The van der Waals surface area contributed by atoms with Gasteiger partial charge < -0.3 is 10.1 Å². The van der Waals surface area contributed by atoms with E-state index in [2.05, 4.69) is 88.4 Å². The molecule has 4 heteroatoms. The molecule has 4 aromatic rings. The van der Waals surface area contributed by atoms with Gasteiger partial charge in [0.05, 0.1) is 5.76 Å². The number of hydrogen-bond acceptors (Lipinski definition) is 3. The van der Waals surface area contributed by atoms with Gasteiger partial charge in [0.15, 0.2) is 5.78 Å². The van der Waals surface area contributed by atoms with Crippen molar-refractivity contribution >= 4 is 16.6 Å². The molecule has 0 fully saturated rings. The van der Waals surface area contributed by atoms with Crippen molar-refractivity contribution in [3.8, 4) is 22.4 Å². The Bertz CT molecular complexity index is 1590. The third-order valence-corrected chi connectivity index (χ3v) is 8.93. The number of pyridine rings is 1. The van der Waals surface area contributed by atoms with Gasteiger partial charge in [-0.15, -0.1) is 34.9 Å². The smallest absolute Gasteiger partial charge is 0.162 e. The van der Waals surface area contributed by atoms with Gasteiger partial charge in [-0.1, -0.05) is 91.8 Å². The Morgan fingerprint density at radius 3 is 2.21 bits per heavy atom. The molecule has 1 N–H and O–H groups in total. The molecule has 5 rings (SSSR count). The number of nitrogens with zero attached hydrogens (tertiary/aromatic N) is 1. The molecule has 229 valence electrons. The summed E-state index contributed by atoms with van der Waals surface area (Å²) in [7, 11) is 0. The van der Waals surface area contributed by atoms with Gasteiger partial charge in [0.1, 0.15) is 0 Å². The van der Waals surface area contributed by atoms with Crippen molar-refractivity contribution in [3.05, 3.63) is 101 Å². The van der Waals surface area contributed by atoms with Gasteiger partial charge in [-0.2, -0.15) is 0 Å². The summed E-state index contributed by atoms with van der Waals surface area (Å²) in [6.45, 7) is 17.0. The van der Waals surface area contributed by atoms with E-state index in [0.717, 1.165) is 42.5 Å². The summed E-state index contributed by atoms with van der Waals surface area (Å²) in [5.41, 5.74) is 9.82. The third-order valence-electron chi connectivity index (χ3n) is 8.93. The summed E-state index contributed by atoms with van der Waals surface area (Å²) in [6, 6.07) is 23.3. The molecule has 1 aromatic heterocycles. The minimum absolute atomic E-state index is 0. The van der Waals surface area contributed by atoms with Crippen molar-refractivity contribution in [1.29, 1.82) is 0 Å². The summed E-state index contributed by atoms with van der Waals surface area (Å²) in [5, 5.41) is 12.4. The number of aryl methyl sites for hydroxylation is 2. The molecule has 0 saturated carbocycles. The summed E-state index contributed by atoms with van der Waals surface area (Å²) in [6.07, 6.45) is 6.86. The van der Waals surface area contributed by atoms with E-state index >= 15 is 0 Å². The quantitative estimate of drug-likeness (QED) is 0.111. The van der Waals surface area contributed by atoms with Crippen LogP contribution in [-0.4, -0.2) is 15.9 Å². The summed E-state index contributed by atoms with van der Waals surface area (Å²) >= 11 is 0. The zero-order valence-electron chi connectivity index (χ0n) is 27.0. The Morgan fingerprint density at radius 1 is 0.930 bits per heavy atom. The van der Waals surface area contributed by atoms with Crippen LogP contribution in [0, 0.1) is 31.7 Å². The van der Waals surface area contributed by atoms with Crippen molar-refractivity contribution in [1.82, 2.24) is 4.98 Å². The molecule has 3 aromatic carbocycles. The van der Waals surface area contributed by atoms with Gasteiger partial charge >= 0.3 is 0 Å². The molecule has 0 atom stereocenters. The maximum Gasteiger partial charge on any atom is 0.162 e. The number of allylic oxidation sites excluding steroid dienone is 2. The maximum atomic E-state index is 11.7. The van der Waals surface area contributed by atoms with Gasteiger partial charge in [-0.3, -0.25) is 4.79 Å². The molecule has 1 aliphatic carbocycles. The van der Waals surface area contributed by atoms with Crippen LogP contribution < -0.4 is 0 Å². The van der Waals surface area contributed by atoms with Crippen LogP contribution in [0.2, 0.25) is 0 Å². The zero-order chi connectivity index (χ0) is 30.6.